The number of ether oxygens (including phenoxy) is 1. The Kier molecular flexibility index (Phi) is 6.72. The first kappa shape index (κ1) is 24.9. The van der Waals surface area contributed by atoms with Crippen LogP contribution in [0.5, 0.6) is 5.75 Å². The van der Waals surface area contributed by atoms with E-state index in [0.717, 1.165) is 5.56 Å². The topological polar surface area (TPSA) is 95.9 Å². The molecule has 0 unspecified atom stereocenters. The van der Waals surface area contributed by atoms with Gasteiger partial charge in [-0.1, -0.05) is 31.8 Å². The Balaban J connectivity index is 1.62. The van der Waals surface area contributed by atoms with Crippen molar-refractivity contribution >= 4 is 36.7 Å². The molecular formula is C26H31FN2O5Si. The third-order valence-electron chi connectivity index (χ3n) is 6.99. The van der Waals surface area contributed by atoms with Crippen molar-refractivity contribution in [2.75, 3.05) is 19.0 Å². The Morgan fingerprint density at radius 1 is 1.09 bits per heavy atom. The van der Waals surface area contributed by atoms with Crippen LogP contribution < -0.4 is 15.2 Å². The van der Waals surface area contributed by atoms with Crippen LogP contribution in [0.1, 0.15) is 30.0 Å². The maximum absolute atomic E-state index is 14.8. The number of aliphatic carboxylic acids is 1. The number of benzene rings is 2. The van der Waals surface area contributed by atoms with Gasteiger partial charge in [0.25, 0.3) is 5.91 Å². The van der Waals surface area contributed by atoms with Crippen LogP contribution in [0.3, 0.4) is 0 Å². The molecule has 7 nitrogen and oxygen atoms in total. The van der Waals surface area contributed by atoms with Crippen molar-refractivity contribution in [2.24, 2.45) is 11.8 Å². The van der Waals surface area contributed by atoms with E-state index in [1.54, 1.807) is 36.3 Å². The third kappa shape index (κ3) is 4.95. The SMILES string of the molecule is COc1ccc2c(c1)CCN(C(=O)C1CC(C(=O)O)C1)[C@H]2C(=O)Nc1ccc([Si](C)(C)C)c(F)c1. The molecule has 0 bridgehead atoms. The summed E-state index contributed by atoms with van der Waals surface area (Å²) in [5, 5.41) is 12.7. The fourth-order valence-corrected chi connectivity index (χ4v) is 6.29. The molecule has 2 aromatic carbocycles. The molecule has 35 heavy (non-hydrogen) atoms. The van der Waals surface area contributed by atoms with E-state index in [1.807, 2.05) is 6.07 Å². The van der Waals surface area contributed by atoms with Gasteiger partial charge in [-0.2, -0.15) is 0 Å². The Morgan fingerprint density at radius 3 is 2.40 bits per heavy atom. The maximum atomic E-state index is 14.8. The summed E-state index contributed by atoms with van der Waals surface area (Å²) in [5.41, 5.74) is 1.93. The van der Waals surface area contributed by atoms with Crippen molar-refractivity contribution in [2.45, 2.75) is 44.9 Å². The zero-order chi connectivity index (χ0) is 25.5. The van der Waals surface area contributed by atoms with Crippen LogP contribution in [0.4, 0.5) is 10.1 Å². The number of carbonyl (C=O) groups is 3. The summed E-state index contributed by atoms with van der Waals surface area (Å²) in [6.45, 7) is 6.48. The van der Waals surface area contributed by atoms with E-state index >= 15 is 0 Å². The molecule has 2 aromatic rings. The Labute approximate surface area is 205 Å². The molecule has 0 radical (unpaired) electrons. The number of anilines is 1. The number of hydrogen-bond donors (Lipinski definition) is 2. The quantitative estimate of drug-likeness (QED) is 0.594. The minimum Gasteiger partial charge on any atom is -0.497 e. The van der Waals surface area contributed by atoms with Gasteiger partial charge in [-0.3, -0.25) is 14.4 Å². The molecule has 9 heteroatoms. The van der Waals surface area contributed by atoms with Crippen molar-refractivity contribution < 1.29 is 28.6 Å². The second kappa shape index (κ2) is 9.45. The van der Waals surface area contributed by atoms with E-state index in [4.69, 9.17) is 4.74 Å². The highest BCUT2D eigenvalue weighted by Gasteiger charge is 2.44. The number of carboxylic acid groups (broad SMARTS) is 1. The molecule has 1 atom stereocenters. The number of hydrogen-bond acceptors (Lipinski definition) is 4. The van der Waals surface area contributed by atoms with Gasteiger partial charge in [0.1, 0.15) is 17.6 Å². The predicted octanol–water partition coefficient (Wildman–Crippen LogP) is 3.55. The summed E-state index contributed by atoms with van der Waals surface area (Å²) < 4.78 is 20.1. The van der Waals surface area contributed by atoms with E-state index in [0.29, 0.717) is 35.2 Å². The van der Waals surface area contributed by atoms with Gasteiger partial charge in [0.2, 0.25) is 5.91 Å². The van der Waals surface area contributed by atoms with Gasteiger partial charge in [-0.25, -0.2) is 4.39 Å². The number of carboxylic acids is 1. The number of halogens is 1. The van der Waals surface area contributed by atoms with Crippen LogP contribution in [0.15, 0.2) is 36.4 Å². The number of nitrogens with zero attached hydrogens (tertiary/aromatic N) is 1. The molecule has 2 aliphatic rings. The van der Waals surface area contributed by atoms with Crippen LogP contribution in [0, 0.1) is 17.7 Å². The minimum absolute atomic E-state index is 0.218. The van der Waals surface area contributed by atoms with Crippen LogP contribution in [-0.4, -0.2) is 49.5 Å². The Morgan fingerprint density at radius 2 is 1.80 bits per heavy atom. The van der Waals surface area contributed by atoms with Crippen molar-refractivity contribution in [1.29, 1.82) is 0 Å². The molecule has 0 saturated heterocycles. The summed E-state index contributed by atoms with van der Waals surface area (Å²) in [5.74, 6) is -2.18. The highest BCUT2D eigenvalue weighted by Crippen LogP contribution is 2.40. The number of fused-ring (bicyclic) bond motifs is 1. The standard InChI is InChI=1S/C26H31FN2O5Si/c1-34-19-6-7-20-15(13-19)9-10-29(25(31)16-11-17(12-16)26(32)33)23(20)24(30)28-18-5-8-22(21(27)14-18)35(2,3)4/h5-8,13-14,16-17,23H,9-12H2,1-4H3,(H,28,30)(H,32,33)/t16?,17?,23-/m1/s1. The number of carbonyl (C=O) groups excluding carboxylic acids is 2. The lowest BCUT2D eigenvalue weighted by Gasteiger charge is -2.41. The first-order valence-corrected chi connectivity index (χ1v) is 15.3. The maximum Gasteiger partial charge on any atom is 0.306 e. The molecule has 1 aliphatic heterocycles. The zero-order valence-electron chi connectivity index (χ0n) is 20.4. The number of nitrogens with one attached hydrogen (secondary N) is 1. The highest BCUT2D eigenvalue weighted by molar-refractivity contribution is 6.88. The number of rotatable bonds is 6. The van der Waals surface area contributed by atoms with Crippen LogP contribution in [0.2, 0.25) is 19.6 Å². The smallest absolute Gasteiger partial charge is 0.306 e. The van der Waals surface area contributed by atoms with Gasteiger partial charge in [-0.05, 0) is 59.8 Å². The number of amides is 2. The molecule has 2 amide bonds. The normalized spacial score (nSPS) is 21.5. The fourth-order valence-electron chi connectivity index (χ4n) is 4.92. The second-order valence-corrected chi connectivity index (χ2v) is 15.4. The summed E-state index contributed by atoms with van der Waals surface area (Å²) in [7, 11) is -0.306. The molecule has 186 valence electrons. The van der Waals surface area contributed by atoms with E-state index in [9.17, 15) is 23.9 Å². The summed E-state index contributed by atoms with van der Waals surface area (Å²) in [6, 6.07) is 9.25. The number of methoxy groups -OCH3 is 1. The van der Waals surface area contributed by atoms with Crippen molar-refractivity contribution in [3.8, 4) is 5.75 Å². The predicted molar refractivity (Wildman–Crippen MR) is 133 cm³/mol. The van der Waals surface area contributed by atoms with E-state index in [1.165, 1.54) is 6.07 Å². The fraction of sp³-hybridized carbons (Fsp3) is 0.423. The molecule has 1 aliphatic carbocycles. The third-order valence-corrected chi connectivity index (χ3v) is 9.01. The molecule has 1 fully saturated rings. The highest BCUT2D eigenvalue weighted by atomic mass is 28.3. The van der Waals surface area contributed by atoms with Crippen molar-refractivity contribution in [1.82, 2.24) is 4.90 Å². The molecule has 2 N–H and O–H groups in total. The van der Waals surface area contributed by atoms with E-state index < -0.39 is 37.8 Å². The van der Waals surface area contributed by atoms with Crippen molar-refractivity contribution in [3.05, 3.63) is 53.3 Å². The molecular weight excluding hydrogens is 467 g/mol. The van der Waals surface area contributed by atoms with Gasteiger partial charge in [0.05, 0.1) is 21.1 Å². The summed E-state index contributed by atoms with van der Waals surface area (Å²) in [6.07, 6.45) is 1.10. The Hall–Kier alpha value is -3.20. The van der Waals surface area contributed by atoms with E-state index in [2.05, 4.69) is 25.0 Å². The van der Waals surface area contributed by atoms with Gasteiger partial charge in [-0.15, -0.1) is 0 Å². The second-order valence-electron chi connectivity index (χ2n) is 10.4. The Bertz CT molecular complexity index is 1170. The minimum atomic E-state index is -1.87. The molecule has 1 saturated carbocycles. The lowest BCUT2D eigenvalue weighted by molar-refractivity contribution is -0.154. The van der Waals surface area contributed by atoms with Crippen LogP contribution in [0.25, 0.3) is 0 Å². The zero-order valence-corrected chi connectivity index (χ0v) is 21.4. The summed E-state index contributed by atoms with van der Waals surface area (Å²) >= 11 is 0. The van der Waals surface area contributed by atoms with Crippen LogP contribution in [-0.2, 0) is 20.8 Å². The lowest BCUT2D eigenvalue weighted by atomic mass is 9.73. The molecule has 4 rings (SSSR count). The first-order chi connectivity index (χ1) is 16.5. The monoisotopic (exact) mass is 498 g/mol. The average Bonchev–Trinajstić information content (AvgIpc) is 2.75. The van der Waals surface area contributed by atoms with Crippen molar-refractivity contribution in [3.63, 3.8) is 0 Å². The lowest BCUT2D eigenvalue weighted by Crippen LogP contribution is -2.50. The average molecular weight is 499 g/mol. The van der Waals surface area contributed by atoms with Gasteiger partial charge in [0.15, 0.2) is 0 Å². The molecule has 1 heterocycles. The van der Waals surface area contributed by atoms with Gasteiger partial charge in [0, 0.05) is 18.2 Å². The van der Waals surface area contributed by atoms with E-state index in [-0.39, 0.29) is 24.6 Å². The van der Waals surface area contributed by atoms with Gasteiger partial charge >= 0.3 is 5.97 Å². The molecule has 0 spiro atoms. The first-order valence-electron chi connectivity index (χ1n) is 11.8. The molecule has 0 aromatic heterocycles. The van der Waals surface area contributed by atoms with Crippen LogP contribution >= 0.6 is 0 Å². The largest absolute Gasteiger partial charge is 0.497 e. The van der Waals surface area contributed by atoms with Gasteiger partial charge < -0.3 is 20.1 Å². The summed E-state index contributed by atoms with van der Waals surface area (Å²) in [4.78, 5) is 39.6.